The Morgan fingerprint density at radius 1 is 0.457 bits per heavy atom. The van der Waals surface area contributed by atoms with Crippen LogP contribution < -0.4 is 21.3 Å². The van der Waals surface area contributed by atoms with Gasteiger partial charge in [-0.15, -0.1) is 0 Å². The van der Waals surface area contributed by atoms with Gasteiger partial charge in [0, 0.05) is 59.5 Å². The van der Waals surface area contributed by atoms with E-state index in [1.54, 1.807) is 12.5 Å². The van der Waals surface area contributed by atoms with Crippen molar-refractivity contribution in [3.63, 3.8) is 0 Å². The molecule has 6 aliphatic rings. The van der Waals surface area contributed by atoms with Crippen LogP contribution in [0.1, 0.15) is 132 Å². The number of nitrogens with one attached hydrogen (secondary N) is 4. The van der Waals surface area contributed by atoms with Crippen LogP contribution in [0, 0.1) is 23.7 Å². The molecule has 4 N–H and O–H groups in total. The zero-order chi connectivity index (χ0) is 47.6. The maximum atomic E-state index is 14.1. The number of likely N-dealkylation sites (tertiary alicyclic amines) is 2. The van der Waals surface area contributed by atoms with E-state index >= 15 is 0 Å². The van der Waals surface area contributed by atoms with Crippen molar-refractivity contribution in [1.29, 1.82) is 0 Å². The van der Waals surface area contributed by atoms with Crippen LogP contribution in [-0.4, -0.2) is 58.6 Å². The molecule has 70 heavy (non-hydrogen) atoms. The van der Waals surface area contributed by atoms with Crippen LogP contribution >= 0.6 is 0 Å². The molecule has 360 valence electrons. The van der Waals surface area contributed by atoms with Gasteiger partial charge in [-0.2, -0.15) is 0 Å². The van der Waals surface area contributed by atoms with Gasteiger partial charge in [0.2, 0.25) is 11.8 Å². The summed E-state index contributed by atoms with van der Waals surface area (Å²) in [7, 11) is 0. The molecule has 4 aliphatic heterocycles. The molecule has 6 aromatic rings. The topological polar surface area (TPSA) is 149 Å². The molecule has 2 aromatic heterocycles. The summed E-state index contributed by atoms with van der Waals surface area (Å²) in [6, 6.07) is 42.8. The predicted octanol–water partition coefficient (Wildman–Crippen LogP) is 10.6. The van der Waals surface area contributed by atoms with Crippen LogP contribution in [0.3, 0.4) is 0 Å². The number of carbonyl (C=O) groups excluding carboxylic acids is 4. The maximum absolute atomic E-state index is 14.1. The van der Waals surface area contributed by atoms with E-state index < -0.39 is 0 Å². The van der Waals surface area contributed by atoms with Crippen molar-refractivity contribution in [2.24, 2.45) is 23.7 Å². The number of furan rings is 2. The Hall–Kier alpha value is -7.08. The number of fused-ring (bicyclic) bond motifs is 6. The SMILES string of the molecule is O=C(N[C@@H]1CCCC[C@@H]1C(=O)N1CC[C@@H]2[C@H](c3ccco3)Nc3ccccc3[C@@H]21)c1ccccc1.O=C(N[C@@H]1CCCC[C@@H]1C(=O)N1CC[C@H]2[C@@H](c3ccco3)Nc3ccccc3[C@H]21)c1ccccc1. The molecule has 12 heteroatoms. The first-order chi connectivity index (χ1) is 34.4. The third-order valence-electron chi connectivity index (χ3n) is 16.1. The molecular formula is C58H62N6O6. The lowest BCUT2D eigenvalue weighted by atomic mass is 9.80. The largest absolute Gasteiger partial charge is 0.467 e. The smallest absolute Gasteiger partial charge is 0.251 e. The van der Waals surface area contributed by atoms with Gasteiger partial charge in [0.1, 0.15) is 11.5 Å². The fourth-order valence-corrected chi connectivity index (χ4v) is 12.8. The highest BCUT2D eigenvalue weighted by molar-refractivity contribution is 5.95. The third-order valence-corrected chi connectivity index (χ3v) is 16.1. The van der Waals surface area contributed by atoms with Gasteiger partial charge in [0.05, 0.1) is 48.5 Å². The molecule has 0 radical (unpaired) electrons. The minimum Gasteiger partial charge on any atom is -0.467 e. The molecule has 12 nitrogen and oxygen atoms in total. The van der Waals surface area contributed by atoms with Crippen molar-refractivity contribution < 1.29 is 28.0 Å². The van der Waals surface area contributed by atoms with E-state index in [2.05, 4.69) is 67.5 Å². The molecule has 0 spiro atoms. The van der Waals surface area contributed by atoms with Gasteiger partial charge in [0.15, 0.2) is 0 Å². The standard InChI is InChI=1S/2C29H31N3O3/c2*33-28(19-9-2-1-3-10-19)31-24-14-7-5-12-21(24)29(34)32-17-16-22-26(25-15-8-18-35-25)30-23-13-6-4-11-20(23)27(22)32/h2*1-4,6,8-11,13,15,18,21-22,24,26-27,30H,5,7,12,14,16-17H2,(H,31,33)/t21-,22+,24+,26+,27-;21-,22-,24+,26-,27+/m00/s1. The monoisotopic (exact) mass is 938 g/mol. The van der Waals surface area contributed by atoms with Gasteiger partial charge >= 0.3 is 0 Å². The zero-order valence-corrected chi connectivity index (χ0v) is 39.5. The van der Waals surface area contributed by atoms with E-state index in [1.165, 1.54) is 11.1 Å². The summed E-state index contributed by atoms with van der Waals surface area (Å²) in [4.78, 5) is 58.3. The lowest BCUT2D eigenvalue weighted by Gasteiger charge is -2.41. The van der Waals surface area contributed by atoms with E-state index in [0.717, 1.165) is 100 Å². The highest BCUT2D eigenvalue weighted by atomic mass is 16.3. The summed E-state index contributed by atoms with van der Waals surface area (Å²) < 4.78 is 11.6. The van der Waals surface area contributed by atoms with E-state index in [1.807, 2.05) is 97.1 Å². The Bertz CT molecular complexity index is 2580. The van der Waals surface area contributed by atoms with Gasteiger partial charge in [-0.1, -0.05) is 98.5 Å². The Kier molecular flexibility index (Phi) is 13.0. The highest BCUT2D eigenvalue weighted by Crippen LogP contribution is 2.53. The normalized spacial score (nSPS) is 27.4. The second-order valence-electron chi connectivity index (χ2n) is 20.0. The number of hydrogen-bond donors (Lipinski definition) is 4. The molecule has 2 saturated carbocycles. The number of hydrogen-bond acceptors (Lipinski definition) is 8. The van der Waals surface area contributed by atoms with E-state index in [9.17, 15) is 19.2 Å². The third kappa shape index (κ3) is 8.88. The summed E-state index contributed by atoms with van der Waals surface area (Å²) in [5.41, 5.74) is 5.75. The highest BCUT2D eigenvalue weighted by Gasteiger charge is 2.51. The second-order valence-corrected chi connectivity index (χ2v) is 20.0. The molecular weight excluding hydrogens is 877 g/mol. The molecule has 6 heterocycles. The van der Waals surface area contributed by atoms with Crippen LogP contribution in [0.4, 0.5) is 11.4 Å². The number of amides is 4. The minimum absolute atomic E-state index is 0.00227. The Balaban J connectivity index is 0.000000152. The Labute approximate surface area is 409 Å². The molecule has 12 rings (SSSR count). The summed E-state index contributed by atoms with van der Waals surface area (Å²) in [6.07, 6.45) is 12.7. The molecule has 4 amide bonds. The van der Waals surface area contributed by atoms with Crippen LogP contribution in [0.15, 0.2) is 155 Å². The molecule has 0 bridgehead atoms. The molecule has 4 aromatic carbocycles. The number of benzene rings is 4. The molecule has 10 atom stereocenters. The lowest BCUT2D eigenvalue weighted by Crippen LogP contribution is -2.50. The molecule has 2 aliphatic carbocycles. The van der Waals surface area contributed by atoms with Crippen LogP contribution in [0.25, 0.3) is 0 Å². The molecule has 0 unspecified atom stereocenters. The number of rotatable bonds is 8. The maximum Gasteiger partial charge on any atom is 0.251 e. The number of anilines is 2. The van der Waals surface area contributed by atoms with Crippen molar-refractivity contribution in [2.75, 3.05) is 23.7 Å². The van der Waals surface area contributed by atoms with Gasteiger partial charge in [0.25, 0.3) is 11.8 Å². The average molecular weight is 939 g/mol. The fraction of sp³-hybridized carbons (Fsp3) is 0.379. The average Bonchev–Trinajstić information content (AvgIpc) is 4.28. The second kappa shape index (κ2) is 20.1. The molecule has 4 fully saturated rings. The lowest BCUT2D eigenvalue weighted by molar-refractivity contribution is -0.139. The van der Waals surface area contributed by atoms with Crippen molar-refractivity contribution in [2.45, 2.75) is 100 Å². The zero-order valence-electron chi connectivity index (χ0n) is 39.5. The quantitative estimate of drug-likeness (QED) is 0.118. The minimum atomic E-state index is -0.195. The van der Waals surface area contributed by atoms with Gasteiger partial charge < -0.3 is 39.9 Å². The Morgan fingerprint density at radius 2 is 0.857 bits per heavy atom. The number of para-hydroxylation sites is 2. The van der Waals surface area contributed by atoms with Gasteiger partial charge in [-0.3, -0.25) is 19.2 Å². The van der Waals surface area contributed by atoms with Crippen molar-refractivity contribution in [3.8, 4) is 0 Å². The van der Waals surface area contributed by atoms with Crippen LogP contribution in [-0.2, 0) is 9.59 Å². The predicted molar refractivity (Wildman–Crippen MR) is 267 cm³/mol. The van der Waals surface area contributed by atoms with Crippen molar-refractivity contribution >= 4 is 35.0 Å². The fourth-order valence-electron chi connectivity index (χ4n) is 12.8. The van der Waals surface area contributed by atoms with Crippen LogP contribution in [0.5, 0.6) is 0 Å². The Morgan fingerprint density at radius 3 is 1.27 bits per heavy atom. The summed E-state index contributed by atoms with van der Waals surface area (Å²) in [5, 5.41) is 13.7. The molecule has 2 saturated heterocycles. The first-order valence-corrected chi connectivity index (χ1v) is 25.5. The summed E-state index contributed by atoms with van der Waals surface area (Å²) in [6.45, 7) is 1.44. The van der Waals surface area contributed by atoms with Gasteiger partial charge in [-0.05, 0) is 110 Å². The summed E-state index contributed by atoms with van der Waals surface area (Å²) in [5.74, 6) is 2.06. The number of nitrogens with zero attached hydrogens (tertiary/aromatic N) is 2. The first kappa shape index (κ1) is 45.4. The van der Waals surface area contributed by atoms with Crippen molar-refractivity contribution in [1.82, 2.24) is 20.4 Å². The first-order valence-electron chi connectivity index (χ1n) is 25.5. The van der Waals surface area contributed by atoms with E-state index in [-0.39, 0.29) is 83.6 Å². The number of carbonyl (C=O) groups is 4. The van der Waals surface area contributed by atoms with Gasteiger partial charge in [-0.25, -0.2) is 0 Å². The summed E-state index contributed by atoms with van der Waals surface area (Å²) >= 11 is 0. The van der Waals surface area contributed by atoms with Crippen molar-refractivity contribution in [3.05, 3.63) is 180 Å². The van der Waals surface area contributed by atoms with E-state index in [4.69, 9.17) is 8.83 Å². The van der Waals surface area contributed by atoms with Crippen LogP contribution in [0.2, 0.25) is 0 Å². The van der Waals surface area contributed by atoms with E-state index in [0.29, 0.717) is 11.1 Å².